The molecule has 1 saturated heterocycles. The largest absolute Gasteiger partial charge is 0.356 e. The van der Waals surface area contributed by atoms with Gasteiger partial charge < -0.3 is 10.2 Å². The van der Waals surface area contributed by atoms with Gasteiger partial charge in [-0.2, -0.15) is 0 Å². The highest BCUT2D eigenvalue weighted by Crippen LogP contribution is 2.36. The first-order valence-electron chi connectivity index (χ1n) is 13.7. The first-order chi connectivity index (χ1) is 18.7. The Morgan fingerprint density at radius 1 is 1.08 bits per heavy atom. The predicted octanol–water partition coefficient (Wildman–Crippen LogP) is 4.80. The second kappa shape index (κ2) is 13.2. The van der Waals surface area contributed by atoms with Gasteiger partial charge in [0.15, 0.2) is 5.82 Å². The number of hydrogen-bond acceptors (Lipinski definition) is 7. The minimum absolute atomic E-state index is 0.0737. The van der Waals surface area contributed by atoms with Crippen molar-refractivity contribution in [3.05, 3.63) is 62.5 Å². The molecule has 4 heterocycles. The molecule has 0 atom stereocenters. The number of nitrogens with zero attached hydrogens (tertiary/aromatic N) is 6. The second-order valence-corrected chi connectivity index (χ2v) is 12.1. The van der Waals surface area contributed by atoms with Gasteiger partial charge in [0.2, 0.25) is 5.91 Å². The minimum Gasteiger partial charge on any atom is -0.356 e. The number of rotatable bonds is 6. The van der Waals surface area contributed by atoms with Crippen LogP contribution in [0.4, 0.5) is 0 Å². The molecular formula is C29H40ClN7OS. The molecule has 1 amide bonds. The summed E-state index contributed by atoms with van der Waals surface area (Å²) in [6.07, 6.45) is 1.06. The van der Waals surface area contributed by atoms with Crippen molar-refractivity contribution in [2.75, 3.05) is 39.3 Å². The monoisotopic (exact) mass is 569 g/mol. The number of halogens is 1. The van der Waals surface area contributed by atoms with E-state index in [9.17, 15) is 4.79 Å². The van der Waals surface area contributed by atoms with Gasteiger partial charge in [0, 0.05) is 66.7 Å². The summed E-state index contributed by atoms with van der Waals surface area (Å²) in [5.74, 6) is 1.86. The van der Waals surface area contributed by atoms with Crippen molar-refractivity contribution in [1.29, 1.82) is 0 Å². The highest BCUT2D eigenvalue weighted by Gasteiger charge is 2.26. The molecule has 1 aromatic carbocycles. The van der Waals surface area contributed by atoms with Gasteiger partial charge >= 0.3 is 0 Å². The van der Waals surface area contributed by atoms with E-state index in [-0.39, 0.29) is 5.91 Å². The molecule has 210 valence electrons. The third-order valence-corrected chi connectivity index (χ3v) is 8.80. The molecule has 0 radical (unpaired) electrons. The van der Waals surface area contributed by atoms with E-state index >= 15 is 0 Å². The molecule has 0 aliphatic carbocycles. The van der Waals surface area contributed by atoms with Gasteiger partial charge in [0.25, 0.3) is 0 Å². The normalized spacial score (nSPS) is 15.6. The van der Waals surface area contributed by atoms with E-state index in [1.54, 1.807) is 18.3 Å². The van der Waals surface area contributed by atoms with E-state index < -0.39 is 0 Å². The van der Waals surface area contributed by atoms with Crippen LogP contribution in [-0.4, -0.2) is 81.5 Å². The van der Waals surface area contributed by atoms with Crippen molar-refractivity contribution < 1.29 is 4.79 Å². The maximum absolute atomic E-state index is 10.7. The van der Waals surface area contributed by atoms with Gasteiger partial charge in [-0.15, -0.1) is 21.5 Å². The zero-order valence-corrected chi connectivity index (χ0v) is 25.5. The Morgan fingerprint density at radius 2 is 1.77 bits per heavy atom. The zero-order valence-electron chi connectivity index (χ0n) is 23.9. The molecule has 1 N–H and O–H groups in total. The van der Waals surface area contributed by atoms with Gasteiger partial charge in [-0.25, -0.2) is 0 Å². The van der Waals surface area contributed by atoms with E-state index in [0.29, 0.717) is 12.6 Å². The number of carbonyl (C=O) groups is 1. The van der Waals surface area contributed by atoms with Crippen LogP contribution in [0.15, 0.2) is 29.3 Å². The number of aliphatic imine (C=N–C) groups is 1. The van der Waals surface area contributed by atoms with Crippen LogP contribution in [-0.2, 0) is 11.3 Å². The van der Waals surface area contributed by atoms with Gasteiger partial charge in [-0.1, -0.05) is 23.7 Å². The summed E-state index contributed by atoms with van der Waals surface area (Å²) in [5.41, 5.74) is 4.52. The number of carbonyl (C=O) groups excluding carboxylic acids is 1. The van der Waals surface area contributed by atoms with E-state index in [1.807, 2.05) is 31.2 Å². The van der Waals surface area contributed by atoms with Crippen molar-refractivity contribution >= 4 is 34.6 Å². The maximum atomic E-state index is 10.7. The summed E-state index contributed by atoms with van der Waals surface area (Å²) in [5, 5.41) is 13.2. The molecule has 0 spiro atoms. The van der Waals surface area contributed by atoms with Crippen LogP contribution in [0, 0.1) is 20.8 Å². The highest BCUT2D eigenvalue weighted by atomic mass is 35.5. The molecule has 0 unspecified atom stereocenters. The quantitative estimate of drug-likeness (QED) is 0.432. The van der Waals surface area contributed by atoms with Crippen LogP contribution in [0.2, 0.25) is 5.02 Å². The molecule has 2 aliphatic rings. The lowest BCUT2D eigenvalue weighted by molar-refractivity contribution is -0.118. The Kier molecular flexibility index (Phi) is 9.93. The standard InChI is InChI=1S/C17H15ClN4S.C12H25N3O/c1-9-10(2)23-17-15(9)16(12-4-6-13(18)7-5-12)19-8-14-21-20-11(3)22(14)17;1-11(2)15-9-7-14(8-10-15)6-4-5-13-12(3)16/h4-7H,8H2,1-3H3;11H,4-10H2,1-3H3,(H,13,16). The summed E-state index contributed by atoms with van der Waals surface area (Å²) in [6, 6.07) is 8.53. The Hall–Kier alpha value is -2.59. The van der Waals surface area contributed by atoms with Crippen LogP contribution in [0.5, 0.6) is 0 Å². The zero-order chi connectivity index (χ0) is 28.1. The van der Waals surface area contributed by atoms with E-state index in [0.717, 1.165) is 65.5 Å². The maximum Gasteiger partial charge on any atom is 0.216 e. The fourth-order valence-electron chi connectivity index (χ4n) is 4.96. The first-order valence-corrected chi connectivity index (χ1v) is 14.9. The molecule has 3 aromatic rings. The SMILES string of the molecule is CC(=O)NCCCN1CCN(C(C)C)CC1.Cc1sc2c(c1C)C(c1ccc(Cl)cc1)=NCc1nnc(C)n1-2. The molecule has 0 bridgehead atoms. The van der Waals surface area contributed by atoms with Crippen molar-refractivity contribution in [1.82, 2.24) is 29.9 Å². The molecule has 1 fully saturated rings. The lowest BCUT2D eigenvalue weighted by Gasteiger charge is -2.36. The van der Waals surface area contributed by atoms with Gasteiger partial charge in [0.05, 0.1) is 5.71 Å². The van der Waals surface area contributed by atoms with E-state index in [2.05, 4.69) is 57.6 Å². The van der Waals surface area contributed by atoms with Crippen LogP contribution >= 0.6 is 22.9 Å². The Labute approximate surface area is 241 Å². The number of hydrogen-bond donors (Lipinski definition) is 1. The van der Waals surface area contributed by atoms with Crippen LogP contribution in [0.25, 0.3) is 5.00 Å². The molecule has 39 heavy (non-hydrogen) atoms. The number of aromatic nitrogens is 3. The average Bonchev–Trinajstić information content (AvgIpc) is 3.36. The lowest BCUT2D eigenvalue weighted by atomic mass is 10.00. The van der Waals surface area contributed by atoms with Crippen LogP contribution < -0.4 is 5.32 Å². The van der Waals surface area contributed by atoms with Crippen LogP contribution in [0.3, 0.4) is 0 Å². The smallest absolute Gasteiger partial charge is 0.216 e. The first kappa shape index (κ1) is 29.4. The second-order valence-electron chi connectivity index (χ2n) is 10.4. The molecule has 10 heteroatoms. The topological polar surface area (TPSA) is 78.7 Å². The van der Waals surface area contributed by atoms with Crippen molar-refractivity contribution in [2.24, 2.45) is 4.99 Å². The third-order valence-electron chi connectivity index (χ3n) is 7.36. The Morgan fingerprint density at radius 3 is 2.41 bits per heavy atom. The summed E-state index contributed by atoms with van der Waals surface area (Å²) >= 11 is 7.80. The fourth-order valence-corrected chi connectivity index (χ4v) is 6.31. The fraction of sp³-hybridized carbons (Fsp3) is 0.517. The summed E-state index contributed by atoms with van der Waals surface area (Å²) in [7, 11) is 0. The average molecular weight is 570 g/mol. The van der Waals surface area contributed by atoms with Crippen molar-refractivity contribution in [3.8, 4) is 5.00 Å². The highest BCUT2D eigenvalue weighted by molar-refractivity contribution is 7.15. The number of fused-ring (bicyclic) bond motifs is 3. The Bertz CT molecular complexity index is 1300. The van der Waals surface area contributed by atoms with E-state index in [4.69, 9.17) is 16.6 Å². The minimum atomic E-state index is 0.0737. The van der Waals surface area contributed by atoms with E-state index in [1.165, 1.54) is 29.1 Å². The Balaban J connectivity index is 0.000000195. The summed E-state index contributed by atoms with van der Waals surface area (Å²) in [4.78, 5) is 21.8. The third kappa shape index (κ3) is 7.14. The summed E-state index contributed by atoms with van der Waals surface area (Å²) in [6.45, 7) is 19.5. The molecule has 0 saturated carbocycles. The lowest BCUT2D eigenvalue weighted by Crippen LogP contribution is -2.49. The van der Waals surface area contributed by atoms with Crippen LogP contribution in [0.1, 0.15) is 60.4 Å². The molecular weight excluding hydrogens is 530 g/mol. The van der Waals surface area contributed by atoms with Gasteiger partial charge in [-0.05, 0) is 65.3 Å². The molecule has 8 nitrogen and oxygen atoms in total. The number of piperazine rings is 1. The number of aryl methyl sites for hydroxylation is 2. The van der Waals surface area contributed by atoms with Gasteiger partial charge in [0.1, 0.15) is 17.4 Å². The number of benzene rings is 1. The van der Waals surface area contributed by atoms with Crippen molar-refractivity contribution in [2.45, 2.75) is 60.5 Å². The number of amides is 1. The van der Waals surface area contributed by atoms with Gasteiger partial charge in [-0.3, -0.25) is 19.3 Å². The molecule has 2 aromatic heterocycles. The number of nitrogens with one attached hydrogen (secondary N) is 1. The molecule has 2 aliphatic heterocycles. The molecule has 5 rings (SSSR count). The summed E-state index contributed by atoms with van der Waals surface area (Å²) < 4.78 is 2.13. The number of thiophene rings is 1. The predicted molar refractivity (Wildman–Crippen MR) is 161 cm³/mol. The van der Waals surface area contributed by atoms with Crippen molar-refractivity contribution in [3.63, 3.8) is 0 Å².